The number of benzene rings is 1. The van der Waals surface area contributed by atoms with Gasteiger partial charge in [-0.15, -0.1) is 0 Å². The number of likely N-dealkylation sites (tertiary alicyclic amines) is 1. The third kappa shape index (κ3) is 4.79. The van der Waals surface area contributed by atoms with Gasteiger partial charge in [0.2, 0.25) is 5.91 Å². The van der Waals surface area contributed by atoms with Crippen LogP contribution in [0.5, 0.6) is 0 Å². The Kier molecular flexibility index (Phi) is 6.66. The minimum Gasteiger partial charge on any atom is -0.339 e. The summed E-state index contributed by atoms with van der Waals surface area (Å²) in [5.41, 5.74) is 3.93. The monoisotopic (exact) mass is 420 g/mol. The van der Waals surface area contributed by atoms with Gasteiger partial charge in [-0.1, -0.05) is 13.0 Å². The first kappa shape index (κ1) is 21.5. The lowest BCUT2D eigenvalue weighted by Gasteiger charge is -2.36. The van der Waals surface area contributed by atoms with E-state index in [1.807, 2.05) is 60.3 Å². The van der Waals surface area contributed by atoms with Gasteiger partial charge in [-0.05, 0) is 55.2 Å². The zero-order chi connectivity index (χ0) is 21.8. The van der Waals surface area contributed by atoms with Crippen LogP contribution in [-0.2, 0) is 17.6 Å². The first-order valence-corrected chi connectivity index (χ1v) is 11.4. The summed E-state index contributed by atoms with van der Waals surface area (Å²) < 4.78 is 0. The van der Waals surface area contributed by atoms with Gasteiger partial charge in [0.1, 0.15) is 0 Å². The van der Waals surface area contributed by atoms with Crippen molar-refractivity contribution in [2.75, 3.05) is 38.1 Å². The maximum absolute atomic E-state index is 13.1. The molecule has 1 saturated heterocycles. The van der Waals surface area contributed by atoms with Crippen LogP contribution in [0.15, 0.2) is 42.6 Å². The standard InChI is InChI=1S/C25H32N4O2/c1-3-24(30)29-17-9-19-18-20(7-8-23(19)29)25(31)27(2)22-11-15-28(16-12-22)14-10-21-6-4-5-13-26-21/h4-8,13,18,22H,3,9-12,14-17H2,1-2H3. The molecule has 1 aromatic carbocycles. The molecular weight excluding hydrogens is 388 g/mol. The second-order valence-corrected chi connectivity index (χ2v) is 8.55. The normalized spacial score (nSPS) is 16.9. The van der Waals surface area contributed by atoms with Crippen molar-refractivity contribution in [2.45, 2.75) is 45.1 Å². The van der Waals surface area contributed by atoms with E-state index in [4.69, 9.17) is 0 Å². The van der Waals surface area contributed by atoms with Crippen LogP contribution in [0.3, 0.4) is 0 Å². The lowest BCUT2D eigenvalue weighted by atomic mass is 10.0. The summed E-state index contributed by atoms with van der Waals surface area (Å²) in [6, 6.07) is 12.1. The first-order chi connectivity index (χ1) is 15.1. The van der Waals surface area contributed by atoms with Crippen LogP contribution in [0.1, 0.15) is 47.8 Å². The number of hydrogen-bond donors (Lipinski definition) is 0. The third-order valence-corrected chi connectivity index (χ3v) is 6.66. The molecule has 0 atom stereocenters. The number of hydrogen-bond acceptors (Lipinski definition) is 4. The fourth-order valence-electron chi connectivity index (χ4n) is 4.70. The van der Waals surface area contributed by atoms with Crippen LogP contribution in [-0.4, -0.2) is 65.9 Å². The zero-order valence-electron chi connectivity index (χ0n) is 18.6. The molecule has 0 unspecified atom stereocenters. The van der Waals surface area contributed by atoms with Crippen LogP contribution >= 0.6 is 0 Å². The summed E-state index contributed by atoms with van der Waals surface area (Å²) in [6.45, 7) is 5.63. The van der Waals surface area contributed by atoms with E-state index in [1.165, 1.54) is 0 Å². The quantitative estimate of drug-likeness (QED) is 0.720. The van der Waals surface area contributed by atoms with Gasteiger partial charge in [0.05, 0.1) is 0 Å². The average Bonchev–Trinajstić information content (AvgIpc) is 3.25. The number of carbonyl (C=O) groups excluding carboxylic acids is 2. The number of piperidine rings is 1. The summed E-state index contributed by atoms with van der Waals surface area (Å²) in [6.07, 6.45) is 6.12. The molecule has 0 spiro atoms. The fraction of sp³-hybridized carbons (Fsp3) is 0.480. The molecule has 3 heterocycles. The summed E-state index contributed by atoms with van der Waals surface area (Å²) >= 11 is 0. The Morgan fingerprint density at radius 1 is 1.13 bits per heavy atom. The molecule has 31 heavy (non-hydrogen) atoms. The molecule has 0 bridgehead atoms. The van der Waals surface area contributed by atoms with Crippen LogP contribution in [0.2, 0.25) is 0 Å². The summed E-state index contributed by atoms with van der Waals surface area (Å²) in [5.74, 6) is 0.222. The van der Waals surface area contributed by atoms with Gasteiger partial charge >= 0.3 is 0 Å². The van der Waals surface area contributed by atoms with Gasteiger partial charge in [0.25, 0.3) is 5.91 Å². The highest BCUT2D eigenvalue weighted by Gasteiger charge is 2.28. The van der Waals surface area contributed by atoms with Gasteiger partial charge in [-0.25, -0.2) is 0 Å². The van der Waals surface area contributed by atoms with Crippen LogP contribution in [0.25, 0.3) is 0 Å². The maximum Gasteiger partial charge on any atom is 0.253 e. The van der Waals surface area contributed by atoms with E-state index in [-0.39, 0.29) is 17.9 Å². The highest BCUT2D eigenvalue weighted by atomic mass is 16.2. The van der Waals surface area contributed by atoms with E-state index in [1.54, 1.807) is 0 Å². The molecule has 0 N–H and O–H groups in total. The van der Waals surface area contributed by atoms with Gasteiger partial charge in [0.15, 0.2) is 0 Å². The molecule has 2 aliphatic rings. The topological polar surface area (TPSA) is 56.8 Å². The van der Waals surface area contributed by atoms with Gasteiger partial charge < -0.3 is 14.7 Å². The summed E-state index contributed by atoms with van der Waals surface area (Å²) in [7, 11) is 1.93. The lowest BCUT2D eigenvalue weighted by molar-refractivity contribution is -0.118. The Hall–Kier alpha value is -2.73. The van der Waals surface area contributed by atoms with Crippen molar-refractivity contribution in [3.05, 3.63) is 59.4 Å². The first-order valence-electron chi connectivity index (χ1n) is 11.4. The van der Waals surface area contributed by atoms with E-state index in [9.17, 15) is 9.59 Å². The molecule has 0 aliphatic carbocycles. The summed E-state index contributed by atoms with van der Waals surface area (Å²) in [4.78, 5) is 35.9. The third-order valence-electron chi connectivity index (χ3n) is 6.66. The largest absolute Gasteiger partial charge is 0.339 e. The number of anilines is 1. The van der Waals surface area contributed by atoms with Crippen molar-refractivity contribution in [2.24, 2.45) is 0 Å². The second kappa shape index (κ2) is 9.60. The van der Waals surface area contributed by atoms with E-state index in [0.29, 0.717) is 13.0 Å². The molecule has 6 heteroatoms. The number of nitrogens with zero attached hydrogens (tertiary/aromatic N) is 4. The second-order valence-electron chi connectivity index (χ2n) is 8.55. The molecule has 0 saturated carbocycles. The van der Waals surface area contributed by atoms with Crippen molar-refractivity contribution in [1.29, 1.82) is 0 Å². The number of aromatic nitrogens is 1. The fourth-order valence-corrected chi connectivity index (χ4v) is 4.70. The Bertz CT molecular complexity index is 922. The highest BCUT2D eigenvalue weighted by molar-refractivity contribution is 5.98. The smallest absolute Gasteiger partial charge is 0.253 e. The Morgan fingerprint density at radius 3 is 2.65 bits per heavy atom. The summed E-state index contributed by atoms with van der Waals surface area (Å²) in [5, 5.41) is 0. The SMILES string of the molecule is CCC(=O)N1CCc2cc(C(=O)N(C)C3CCN(CCc4ccccn4)CC3)ccc21. The Morgan fingerprint density at radius 2 is 1.94 bits per heavy atom. The van der Waals surface area contributed by atoms with Crippen LogP contribution < -0.4 is 4.90 Å². The van der Waals surface area contributed by atoms with Crippen LogP contribution in [0.4, 0.5) is 5.69 Å². The van der Waals surface area contributed by atoms with Gasteiger partial charge in [0, 0.05) is 75.3 Å². The lowest BCUT2D eigenvalue weighted by Crippen LogP contribution is -2.46. The molecule has 4 rings (SSSR count). The molecule has 2 aliphatic heterocycles. The van der Waals surface area contributed by atoms with E-state index in [2.05, 4.69) is 16.0 Å². The number of amides is 2. The van der Waals surface area contributed by atoms with Crippen molar-refractivity contribution >= 4 is 17.5 Å². The predicted octanol–water partition coefficient (Wildman–Crippen LogP) is 3.16. The number of pyridine rings is 1. The Balaban J connectivity index is 1.31. The highest BCUT2D eigenvalue weighted by Crippen LogP contribution is 2.30. The van der Waals surface area contributed by atoms with Crippen molar-refractivity contribution in [3.63, 3.8) is 0 Å². The molecule has 1 fully saturated rings. The van der Waals surface area contributed by atoms with Crippen molar-refractivity contribution in [3.8, 4) is 0 Å². The average molecular weight is 421 g/mol. The van der Waals surface area contributed by atoms with Crippen LogP contribution in [0, 0.1) is 0 Å². The number of carbonyl (C=O) groups is 2. The predicted molar refractivity (Wildman–Crippen MR) is 122 cm³/mol. The zero-order valence-corrected chi connectivity index (χ0v) is 18.6. The van der Waals surface area contributed by atoms with Gasteiger partial charge in [-0.2, -0.15) is 0 Å². The van der Waals surface area contributed by atoms with E-state index in [0.717, 1.165) is 67.8 Å². The molecule has 6 nitrogen and oxygen atoms in total. The minimum absolute atomic E-state index is 0.0787. The minimum atomic E-state index is 0.0787. The number of fused-ring (bicyclic) bond motifs is 1. The maximum atomic E-state index is 13.1. The van der Waals surface area contributed by atoms with Crippen molar-refractivity contribution in [1.82, 2.24) is 14.8 Å². The molecule has 164 valence electrons. The molecule has 1 aromatic heterocycles. The van der Waals surface area contributed by atoms with E-state index < -0.39 is 0 Å². The molecule has 0 radical (unpaired) electrons. The molecule has 2 aromatic rings. The molecule has 2 amide bonds. The number of rotatable bonds is 6. The van der Waals surface area contributed by atoms with E-state index >= 15 is 0 Å². The van der Waals surface area contributed by atoms with Gasteiger partial charge in [-0.3, -0.25) is 14.6 Å². The molecular formula is C25H32N4O2. The van der Waals surface area contributed by atoms with Crippen molar-refractivity contribution < 1.29 is 9.59 Å². The Labute approximate surface area is 184 Å².